The molecule has 14 heavy (non-hydrogen) atoms. The van der Waals surface area contributed by atoms with E-state index < -0.39 is 0 Å². The lowest BCUT2D eigenvalue weighted by Crippen LogP contribution is -2.40. The van der Waals surface area contributed by atoms with Gasteiger partial charge in [-0.1, -0.05) is 13.8 Å². The Morgan fingerprint density at radius 2 is 1.79 bits per heavy atom. The van der Waals surface area contributed by atoms with Crippen molar-refractivity contribution in [2.24, 2.45) is 23.2 Å². The van der Waals surface area contributed by atoms with E-state index in [-0.39, 0.29) is 6.29 Å². The fourth-order valence-electron chi connectivity index (χ4n) is 3.86. The number of hydrogen-bond acceptors (Lipinski definition) is 2. The topological polar surface area (TPSA) is 18.5 Å². The molecule has 3 atom stereocenters. The number of methoxy groups -OCH3 is 2. The smallest absolute Gasteiger partial charge is 0.160 e. The molecule has 2 rings (SSSR count). The molecule has 0 radical (unpaired) electrons. The van der Waals surface area contributed by atoms with Gasteiger partial charge in [-0.2, -0.15) is 0 Å². The van der Waals surface area contributed by atoms with Gasteiger partial charge in [0.05, 0.1) is 0 Å². The third kappa shape index (κ3) is 1.31. The van der Waals surface area contributed by atoms with E-state index in [1.165, 1.54) is 19.3 Å². The molecule has 0 heterocycles. The molecule has 2 bridgehead atoms. The van der Waals surface area contributed by atoms with Gasteiger partial charge < -0.3 is 9.47 Å². The largest absolute Gasteiger partial charge is 0.356 e. The summed E-state index contributed by atoms with van der Waals surface area (Å²) in [4.78, 5) is 0. The van der Waals surface area contributed by atoms with Crippen molar-refractivity contribution in [3.05, 3.63) is 0 Å². The molecule has 0 aromatic carbocycles. The average molecular weight is 198 g/mol. The summed E-state index contributed by atoms with van der Waals surface area (Å²) in [7, 11) is 3.52. The van der Waals surface area contributed by atoms with E-state index in [1.807, 2.05) is 0 Å². The van der Waals surface area contributed by atoms with Crippen LogP contribution in [0.3, 0.4) is 0 Å². The molecule has 0 spiro atoms. The zero-order valence-corrected chi connectivity index (χ0v) is 9.75. The van der Waals surface area contributed by atoms with Crippen molar-refractivity contribution in [1.29, 1.82) is 0 Å². The van der Waals surface area contributed by atoms with Crippen molar-refractivity contribution in [2.75, 3.05) is 14.2 Å². The monoisotopic (exact) mass is 198 g/mol. The second kappa shape index (κ2) is 3.49. The lowest BCUT2D eigenvalue weighted by molar-refractivity contribution is -0.174. The first-order valence-corrected chi connectivity index (χ1v) is 5.66. The van der Waals surface area contributed by atoms with Crippen LogP contribution in [0.5, 0.6) is 0 Å². The summed E-state index contributed by atoms with van der Waals surface area (Å²) in [6, 6.07) is 0. The van der Waals surface area contributed by atoms with Crippen molar-refractivity contribution < 1.29 is 9.47 Å². The van der Waals surface area contributed by atoms with Gasteiger partial charge >= 0.3 is 0 Å². The van der Waals surface area contributed by atoms with E-state index >= 15 is 0 Å². The van der Waals surface area contributed by atoms with E-state index in [1.54, 1.807) is 14.2 Å². The molecule has 82 valence electrons. The lowest BCUT2D eigenvalue weighted by atomic mass is 9.68. The quantitative estimate of drug-likeness (QED) is 0.649. The Morgan fingerprint density at radius 1 is 1.14 bits per heavy atom. The summed E-state index contributed by atoms with van der Waals surface area (Å²) >= 11 is 0. The maximum absolute atomic E-state index is 5.45. The van der Waals surface area contributed by atoms with Gasteiger partial charge in [0.2, 0.25) is 0 Å². The Labute approximate surface area is 87.0 Å². The van der Waals surface area contributed by atoms with Crippen molar-refractivity contribution in [1.82, 2.24) is 0 Å². The SMILES string of the molecule is COC(OC)[C@@H]1[C@@H]2CC[C@@H](C2)C1(C)C. The van der Waals surface area contributed by atoms with E-state index in [9.17, 15) is 0 Å². The van der Waals surface area contributed by atoms with Crippen LogP contribution in [0.15, 0.2) is 0 Å². The van der Waals surface area contributed by atoms with Crippen molar-refractivity contribution >= 4 is 0 Å². The van der Waals surface area contributed by atoms with Gasteiger partial charge in [0.25, 0.3) is 0 Å². The van der Waals surface area contributed by atoms with Gasteiger partial charge in [-0.3, -0.25) is 0 Å². The average Bonchev–Trinajstić information content (AvgIpc) is 2.69. The minimum atomic E-state index is 0.000278. The molecule has 2 aliphatic rings. The third-order valence-electron chi connectivity index (χ3n) is 4.65. The summed E-state index contributed by atoms with van der Waals surface area (Å²) in [5.74, 6) is 2.32. The lowest BCUT2D eigenvalue weighted by Gasteiger charge is -2.41. The molecule has 0 saturated heterocycles. The fourth-order valence-corrected chi connectivity index (χ4v) is 3.86. The highest BCUT2D eigenvalue weighted by Gasteiger charge is 2.55. The first kappa shape index (κ1) is 10.4. The summed E-state index contributed by atoms with van der Waals surface area (Å²) in [6.45, 7) is 4.76. The first-order chi connectivity index (χ1) is 6.61. The first-order valence-electron chi connectivity index (χ1n) is 5.66. The van der Waals surface area contributed by atoms with Crippen molar-refractivity contribution in [3.63, 3.8) is 0 Å². The summed E-state index contributed by atoms with van der Waals surface area (Å²) in [5, 5.41) is 0. The highest BCUT2D eigenvalue weighted by molar-refractivity contribution is 5.02. The molecule has 0 aliphatic heterocycles. The van der Waals surface area contributed by atoms with Gasteiger partial charge in [-0.05, 0) is 36.5 Å². The van der Waals surface area contributed by atoms with Crippen LogP contribution >= 0.6 is 0 Å². The zero-order chi connectivity index (χ0) is 10.3. The Morgan fingerprint density at radius 3 is 2.21 bits per heavy atom. The highest BCUT2D eigenvalue weighted by atomic mass is 16.7. The van der Waals surface area contributed by atoms with Crippen LogP contribution < -0.4 is 0 Å². The molecular formula is C12H22O2. The second-order valence-electron chi connectivity index (χ2n) is 5.46. The van der Waals surface area contributed by atoms with Crippen LogP contribution in [0.4, 0.5) is 0 Å². The molecule has 2 aliphatic carbocycles. The van der Waals surface area contributed by atoms with Crippen LogP contribution in [0.1, 0.15) is 33.1 Å². The van der Waals surface area contributed by atoms with Gasteiger partial charge in [-0.15, -0.1) is 0 Å². The van der Waals surface area contributed by atoms with Gasteiger partial charge in [0.1, 0.15) is 0 Å². The minimum absolute atomic E-state index is 0.000278. The van der Waals surface area contributed by atoms with Crippen LogP contribution in [0.2, 0.25) is 0 Å². The summed E-state index contributed by atoms with van der Waals surface area (Å²) in [5.41, 5.74) is 0.402. The molecule has 0 aromatic heterocycles. The molecule has 2 nitrogen and oxygen atoms in total. The standard InChI is InChI=1S/C12H22O2/c1-12(2)9-6-5-8(7-9)10(12)11(13-3)14-4/h8-11H,5-7H2,1-4H3/t8-,9+,10+/m1/s1. The Bertz CT molecular complexity index is 208. The normalized spacial score (nSPS) is 39.6. The predicted molar refractivity (Wildman–Crippen MR) is 55.9 cm³/mol. The zero-order valence-electron chi connectivity index (χ0n) is 9.75. The number of ether oxygens (including phenoxy) is 2. The van der Waals surface area contributed by atoms with Gasteiger partial charge in [0.15, 0.2) is 6.29 Å². The molecule has 0 aromatic rings. The Balaban J connectivity index is 2.18. The Hall–Kier alpha value is -0.0800. The number of hydrogen-bond donors (Lipinski definition) is 0. The maximum atomic E-state index is 5.45. The molecule has 0 amide bonds. The second-order valence-corrected chi connectivity index (χ2v) is 5.46. The maximum Gasteiger partial charge on any atom is 0.160 e. The number of rotatable bonds is 3. The minimum Gasteiger partial charge on any atom is -0.356 e. The van der Waals surface area contributed by atoms with Crippen LogP contribution in [-0.2, 0) is 9.47 Å². The molecule has 2 heteroatoms. The van der Waals surface area contributed by atoms with Gasteiger partial charge in [-0.25, -0.2) is 0 Å². The fraction of sp³-hybridized carbons (Fsp3) is 1.00. The van der Waals surface area contributed by atoms with E-state index in [4.69, 9.17) is 9.47 Å². The molecule has 2 saturated carbocycles. The van der Waals surface area contributed by atoms with Crippen LogP contribution in [-0.4, -0.2) is 20.5 Å². The summed E-state index contributed by atoms with van der Waals surface area (Å²) in [6.07, 6.45) is 4.18. The summed E-state index contributed by atoms with van der Waals surface area (Å²) < 4.78 is 10.9. The molecular weight excluding hydrogens is 176 g/mol. The third-order valence-corrected chi connectivity index (χ3v) is 4.65. The Kier molecular flexibility index (Phi) is 2.61. The van der Waals surface area contributed by atoms with E-state index in [2.05, 4.69) is 13.8 Å². The van der Waals surface area contributed by atoms with Crippen molar-refractivity contribution in [2.45, 2.75) is 39.4 Å². The van der Waals surface area contributed by atoms with Crippen LogP contribution in [0.25, 0.3) is 0 Å². The van der Waals surface area contributed by atoms with E-state index in [0.717, 1.165) is 11.8 Å². The van der Waals surface area contributed by atoms with Gasteiger partial charge in [0, 0.05) is 20.1 Å². The highest BCUT2D eigenvalue weighted by Crippen LogP contribution is 2.60. The van der Waals surface area contributed by atoms with Crippen molar-refractivity contribution in [3.8, 4) is 0 Å². The predicted octanol–water partition coefficient (Wildman–Crippen LogP) is 2.68. The molecule has 0 unspecified atom stereocenters. The molecule has 0 N–H and O–H groups in total. The number of fused-ring (bicyclic) bond motifs is 2. The van der Waals surface area contributed by atoms with Crippen LogP contribution in [0, 0.1) is 23.2 Å². The van der Waals surface area contributed by atoms with E-state index in [0.29, 0.717) is 11.3 Å². The molecule has 2 fully saturated rings.